The summed E-state index contributed by atoms with van der Waals surface area (Å²) in [6, 6.07) is 2.15. The minimum atomic E-state index is -0.498. The molecule has 2 aliphatic carbocycles. The standard InChI is InChI=1S/C27H36N6O2S/c1-5-19(15-35-4)31-26-29-16(2)22(25-32-23-17(3)28-13-10-21(23)36-25)24(33-26)30-20-9-8-18(14-20)27(34)11-6-7-12-27/h5,10,13,18-20,34H,1,6-9,11-12,14-15H2,2-4H3,(H2,29,30,31,33)/t18-,19-,20+/m1/s1. The first-order valence-corrected chi connectivity index (χ1v) is 13.7. The van der Waals surface area contributed by atoms with E-state index in [2.05, 4.69) is 22.2 Å². The van der Waals surface area contributed by atoms with Crippen molar-refractivity contribution >= 4 is 33.3 Å². The van der Waals surface area contributed by atoms with Gasteiger partial charge in [-0.1, -0.05) is 18.9 Å². The van der Waals surface area contributed by atoms with Gasteiger partial charge in [0, 0.05) is 19.3 Å². The number of aliphatic hydroxyl groups is 1. The summed E-state index contributed by atoms with van der Waals surface area (Å²) in [5.74, 6) is 1.65. The summed E-state index contributed by atoms with van der Waals surface area (Å²) in [6.07, 6.45) is 10.7. The molecule has 0 radical (unpaired) electrons. The molecule has 8 nitrogen and oxygen atoms in total. The maximum Gasteiger partial charge on any atom is 0.225 e. The van der Waals surface area contributed by atoms with E-state index in [1.165, 1.54) is 0 Å². The van der Waals surface area contributed by atoms with Gasteiger partial charge in [-0.2, -0.15) is 4.98 Å². The van der Waals surface area contributed by atoms with Gasteiger partial charge in [0.25, 0.3) is 0 Å². The van der Waals surface area contributed by atoms with Gasteiger partial charge in [-0.3, -0.25) is 4.98 Å². The highest BCUT2D eigenvalue weighted by Crippen LogP contribution is 2.45. The molecule has 0 spiro atoms. The van der Waals surface area contributed by atoms with Gasteiger partial charge in [-0.25, -0.2) is 9.97 Å². The van der Waals surface area contributed by atoms with Crippen LogP contribution >= 0.6 is 11.3 Å². The van der Waals surface area contributed by atoms with Crippen LogP contribution in [0.5, 0.6) is 0 Å². The lowest BCUT2D eigenvalue weighted by Gasteiger charge is -2.29. The highest BCUT2D eigenvalue weighted by Gasteiger charge is 2.43. The van der Waals surface area contributed by atoms with E-state index in [-0.39, 0.29) is 12.1 Å². The first kappa shape index (κ1) is 25.0. The van der Waals surface area contributed by atoms with Gasteiger partial charge in [-0.05, 0) is 57.9 Å². The SMILES string of the molecule is C=C[C@H](COC)Nc1nc(C)c(-c2nc3c(C)nccc3s2)c(N[C@H]2CC[C@@H](C3(O)CCCC3)C2)n1. The zero-order chi connectivity index (χ0) is 25.3. The Labute approximate surface area is 216 Å². The second-order valence-corrected chi connectivity index (χ2v) is 11.3. The van der Waals surface area contributed by atoms with E-state index in [1.807, 2.05) is 26.1 Å². The number of aromatic nitrogens is 4. The van der Waals surface area contributed by atoms with Gasteiger partial charge < -0.3 is 20.5 Å². The molecule has 192 valence electrons. The lowest BCUT2D eigenvalue weighted by molar-refractivity contribution is -0.00994. The summed E-state index contributed by atoms with van der Waals surface area (Å²) in [4.78, 5) is 19.1. The van der Waals surface area contributed by atoms with Gasteiger partial charge in [0.05, 0.1) is 39.9 Å². The van der Waals surface area contributed by atoms with Crippen LogP contribution in [0.1, 0.15) is 56.3 Å². The zero-order valence-electron chi connectivity index (χ0n) is 21.4. The third-order valence-electron chi connectivity index (χ3n) is 7.74. The summed E-state index contributed by atoms with van der Waals surface area (Å²) >= 11 is 1.64. The number of ether oxygens (including phenoxy) is 1. The molecule has 5 rings (SSSR count). The fourth-order valence-electron chi connectivity index (χ4n) is 5.79. The number of aryl methyl sites for hydroxylation is 2. The van der Waals surface area contributed by atoms with E-state index in [1.54, 1.807) is 24.5 Å². The number of fused-ring (bicyclic) bond motifs is 1. The van der Waals surface area contributed by atoms with E-state index >= 15 is 0 Å². The van der Waals surface area contributed by atoms with Crippen molar-refractivity contribution in [3.8, 4) is 10.6 Å². The zero-order valence-corrected chi connectivity index (χ0v) is 22.2. The minimum absolute atomic E-state index is 0.100. The number of methoxy groups -OCH3 is 1. The summed E-state index contributed by atoms with van der Waals surface area (Å²) in [7, 11) is 1.67. The molecule has 3 aromatic rings. The van der Waals surface area contributed by atoms with Gasteiger partial charge in [0.15, 0.2) is 0 Å². The Balaban J connectivity index is 1.49. The van der Waals surface area contributed by atoms with Crippen LogP contribution in [-0.2, 0) is 4.74 Å². The second kappa shape index (κ2) is 10.4. The smallest absolute Gasteiger partial charge is 0.225 e. The van der Waals surface area contributed by atoms with Crippen molar-refractivity contribution in [1.82, 2.24) is 19.9 Å². The van der Waals surface area contributed by atoms with Gasteiger partial charge in [0.2, 0.25) is 5.95 Å². The first-order valence-electron chi connectivity index (χ1n) is 12.9. The Kier molecular flexibility index (Phi) is 7.23. The summed E-state index contributed by atoms with van der Waals surface area (Å²) in [5.41, 5.74) is 3.11. The van der Waals surface area contributed by atoms with Gasteiger partial charge >= 0.3 is 0 Å². The van der Waals surface area contributed by atoms with Crippen molar-refractivity contribution in [2.24, 2.45) is 5.92 Å². The van der Waals surface area contributed by atoms with Crippen molar-refractivity contribution < 1.29 is 9.84 Å². The predicted molar refractivity (Wildman–Crippen MR) is 146 cm³/mol. The number of pyridine rings is 1. The predicted octanol–water partition coefficient (Wildman–Crippen LogP) is 5.26. The molecule has 2 saturated carbocycles. The lowest BCUT2D eigenvalue weighted by atomic mass is 9.84. The van der Waals surface area contributed by atoms with Crippen LogP contribution in [0.2, 0.25) is 0 Å². The van der Waals surface area contributed by atoms with Crippen molar-refractivity contribution in [3.05, 3.63) is 36.3 Å². The largest absolute Gasteiger partial charge is 0.390 e. The Bertz CT molecular complexity index is 1240. The molecule has 2 fully saturated rings. The van der Waals surface area contributed by atoms with Crippen LogP contribution in [0.4, 0.5) is 11.8 Å². The molecule has 0 bridgehead atoms. The molecule has 0 aliphatic heterocycles. The molecule has 3 aromatic heterocycles. The average molecular weight is 509 g/mol. The molecule has 3 atom stereocenters. The molecule has 9 heteroatoms. The van der Waals surface area contributed by atoms with Crippen molar-refractivity contribution in [3.63, 3.8) is 0 Å². The number of hydrogen-bond donors (Lipinski definition) is 3. The Morgan fingerprint density at radius 3 is 2.75 bits per heavy atom. The number of nitrogens with zero attached hydrogens (tertiary/aromatic N) is 4. The fraction of sp³-hybridized carbons (Fsp3) is 0.556. The maximum atomic E-state index is 11.2. The molecule has 36 heavy (non-hydrogen) atoms. The van der Waals surface area contributed by atoms with Crippen molar-refractivity contribution in [2.45, 2.75) is 76.5 Å². The van der Waals surface area contributed by atoms with E-state index in [0.717, 1.165) is 82.9 Å². The number of thiazole rings is 1. The molecule has 3 N–H and O–H groups in total. The average Bonchev–Trinajstić information content (AvgIpc) is 3.59. The summed E-state index contributed by atoms with van der Waals surface area (Å²) in [5, 5.41) is 19.1. The first-order chi connectivity index (χ1) is 17.4. The molecule has 0 unspecified atom stereocenters. The molecule has 3 heterocycles. The van der Waals surface area contributed by atoms with Crippen molar-refractivity contribution in [2.75, 3.05) is 24.4 Å². The van der Waals surface area contributed by atoms with Crippen LogP contribution < -0.4 is 10.6 Å². The topological polar surface area (TPSA) is 105 Å². The Hall–Kier alpha value is -2.62. The van der Waals surface area contributed by atoms with Gasteiger partial charge in [0.1, 0.15) is 16.3 Å². The highest BCUT2D eigenvalue weighted by molar-refractivity contribution is 7.21. The maximum absolute atomic E-state index is 11.2. The van der Waals surface area contributed by atoms with Gasteiger partial charge in [-0.15, -0.1) is 17.9 Å². The quantitative estimate of drug-likeness (QED) is 0.336. The van der Waals surface area contributed by atoms with Crippen molar-refractivity contribution in [1.29, 1.82) is 0 Å². The lowest BCUT2D eigenvalue weighted by Crippen LogP contribution is -2.34. The molecule has 0 aromatic carbocycles. The number of rotatable bonds is 9. The van der Waals surface area contributed by atoms with E-state index < -0.39 is 5.60 Å². The highest BCUT2D eigenvalue weighted by atomic mass is 32.1. The number of hydrogen-bond acceptors (Lipinski definition) is 9. The van der Waals surface area contributed by atoms with Crippen LogP contribution in [0.3, 0.4) is 0 Å². The molecule has 0 amide bonds. The molecule has 2 aliphatic rings. The number of nitrogens with one attached hydrogen (secondary N) is 2. The molecule has 0 saturated heterocycles. The van der Waals surface area contributed by atoms with E-state index in [0.29, 0.717) is 18.5 Å². The van der Waals surface area contributed by atoms with Crippen LogP contribution in [0.25, 0.3) is 20.8 Å². The van der Waals surface area contributed by atoms with E-state index in [4.69, 9.17) is 19.7 Å². The third kappa shape index (κ3) is 4.96. The Morgan fingerprint density at radius 1 is 1.22 bits per heavy atom. The molecular weight excluding hydrogens is 472 g/mol. The minimum Gasteiger partial charge on any atom is -0.390 e. The molecular formula is C27H36N6O2S. The van der Waals surface area contributed by atoms with E-state index in [9.17, 15) is 5.11 Å². The normalized spacial score (nSPS) is 22.1. The number of anilines is 2. The monoisotopic (exact) mass is 508 g/mol. The van der Waals surface area contributed by atoms with Crippen LogP contribution in [0, 0.1) is 19.8 Å². The Morgan fingerprint density at radius 2 is 2.03 bits per heavy atom. The second-order valence-electron chi connectivity index (χ2n) is 10.2. The summed E-state index contributed by atoms with van der Waals surface area (Å²) < 4.78 is 6.40. The van der Waals surface area contributed by atoms with Crippen LogP contribution in [-0.4, -0.2) is 56.4 Å². The van der Waals surface area contributed by atoms with Crippen LogP contribution in [0.15, 0.2) is 24.9 Å². The third-order valence-corrected chi connectivity index (χ3v) is 8.78. The summed E-state index contributed by atoms with van der Waals surface area (Å²) in [6.45, 7) is 8.37. The fourth-order valence-corrected chi connectivity index (χ4v) is 6.90.